The molecule has 0 spiro atoms. The Balaban J connectivity index is 1.41. The van der Waals surface area contributed by atoms with Gasteiger partial charge in [0.25, 0.3) is 0 Å². The SMILES string of the molecule is CC(C)c1ccc(CNc2ccc3c(c2)CN(C)C3CNc2cnccc2C(=O)O)cc1. The van der Waals surface area contributed by atoms with Gasteiger partial charge in [0.2, 0.25) is 0 Å². The van der Waals surface area contributed by atoms with E-state index in [4.69, 9.17) is 0 Å². The molecule has 166 valence electrons. The molecule has 6 heteroatoms. The Bertz CT molecular complexity index is 1100. The molecule has 4 rings (SSSR count). The molecule has 2 heterocycles. The van der Waals surface area contributed by atoms with E-state index >= 15 is 0 Å². The second-order valence-corrected chi connectivity index (χ2v) is 8.70. The fourth-order valence-corrected chi connectivity index (χ4v) is 4.21. The molecule has 3 aromatic rings. The minimum Gasteiger partial charge on any atom is -0.478 e. The molecule has 0 saturated carbocycles. The van der Waals surface area contributed by atoms with Gasteiger partial charge in [-0.2, -0.15) is 0 Å². The molecule has 6 nitrogen and oxygen atoms in total. The lowest BCUT2D eigenvalue weighted by atomic mass is 10.0. The third-order valence-corrected chi connectivity index (χ3v) is 6.13. The highest BCUT2D eigenvalue weighted by molar-refractivity contribution is 5.93. The number of anilines is 2. The van der Waals surface area contributed by atoms with Crippen LogP contribution in [0.15, 0.2) is 60.9 Å². The highest BCUT2D eigenvalue weighted by Crippen LogP contribution is 2.34. The van der Waals surface area contributed by atoms with Gasteiger partial charge in [-0.05, 0) is 53.4 Å². The fourth-order valence-electron chi connectivity index (χ4n) is 4.21. The summed E-state index contributed by atoms with van der Waals surface area (Å²) in [5.74, 6) is -0.411. The number of aromatic nitrogens is 1. The van der Waals surface area contributed by atoms with E-state index in [9.17, 15) is 9.90 Å². The molecule has 32 heavy (non-hydrogen) atoms. The molecule has 0 aliphatic carbocycles. The maximum Gasteiger partial charge on any atom is 0.337 e. The molecule has 0 saturated heterocycles. The van der Waals surface area contributed by atoms with Crippen LogP contribution in [0.2, 0.25) is 0 Å². The molecule has 0 amide bonds. The molecular weight excluding hydrogens is 400 g/mol. The van der Waals surface area contributed by atoms with Gasteiger partial charge in [-0.15, -0.1) is 0 Å². The summed E-state index contributed by atoms with van der Waals surface area (Å²) in [7, 11) is 2.09. The van der Waals surface area contributed by atoms with Crippen LogP contribution in [-0.2, 0) is 13.1 Å². The first-order chi connectivity index (χ1) is 15.4. The zero-order valence-corrected chi connectivity index (χ0v) is 18.8. The molecule has 3 N–H and O–H groups in total. The number of carboxylic acid groups (broad SMARTS) is 1. The standard InChI is InChI=1S/C26H30N4O2/c1-17(2)19-6-4-18(5-7-19)13-28-21-8-9-22-20(12-21)16-30(3)25(22)15-29-24-14-27-11-10-23(24)26(31)32/h4-12,14,17,25,28-29H,13,15-16H2,1-3H3,(H,31,32). The van der Waals surface area contributed by atoms with Gasteiger partial charge in [-0.25, -0.2) is 4.79 Å². The monoisotopic (exact) mass is 430 g/mol. The first-order valence-corrected chi connectivity index (χ1v) is 11.0. The van der Waals surface area contributed by atoms with Crippen LogP contribution in [0, 0.1) is 0 Å². The summed E-state index contributed by atoms with van der Waals surface area (Å²) in [5, 5.41) is 16.2. The van der Waals surface area contributed by atoms with Crippen molar-refractivity contribution in [2.24, 2.45) is 0 Å². The number of hydrogen-bond acceptors (Lipinski definition) is 5. The van der Waals surface area contributed by atoms with Crippen LogP contribution in [-0.4, -0.2) is 34.6 Å². The van der Waals surface area contributed by atoms with Gasteiger partial charge in [-0.1, -0.05) is 44.2 Å². The van der Waals surface area contributed by atoms with Gasteiger partial charge < -0.3 is 15.7 Å². The van der Waals surface area contributed by atoms with Crippen LogP contribution in [0.1, 0.15) is 58.4 Å². The van der Waals surface area contributed by atoms with Crippen molar-refractivity contribution in [2.45, 2.75) is 38.9 Å². The zero-order chi connectivity index (χ0) is 22.7. The van der Waals surface area contributed by atoms with Crippen LogP contribution in [0.25, 0.3) is 0 Å². The highest BCUT2D eigenvalue weighted by atomic mass is 16.4. The summed E-state index contributed by atoms with van der Waals surface area (Å²) in [4.78, 5) is 17.8. The van der Waals surface area contributed by atoms with Crippen molar-refractivity contribution in [3.63, 3.8) is 0 Å². The molecular formula is C26H30N4O2. The number of aromatic carboxylic acids is 1. The first kappa shape index (κ1) is 21.8. The van der Waals surface area contributed by atoms with Crippen molar-refractivity contribution in [1.82, 2.24) is 9.88 Å². The largest absolute Gasteiger partial charge is 0.478 e. The topological polar surface area (TPSA) is 77.5 Å². The lowest BCUT2D eigenvalue weighted by Gasteiger charge is -2.22. The summed E-state index contributed by atoms with van der Waals surface area (Å²) in [5.41, 5.74) is 7.08. The minimum absolute atomic E-state index is 0.171. The second-order valence-electron chi connectivity index (χ2n) is 8.70. The minimum atomic E-state index is -0.954. The summed E-state index contributed by atoms with van der Waals surface area (Å²) in [6.07, 6.45) is 3.07. The van der Waals surface area contributed by atoms with E-state index in [-0.39, 0.29) is 11.6 Å². The lowest BCUT2D eigenvalue weighted by molar-refractivity contribution is 0.0697. The molecule has 1 atom stereocenters. The van der Waals surface area contributed by atoms with Crippen molar-refractivity contribution >= 4 is 17.3 Å². The number of nitrogens with zero attached hydrogens (tertiary/aromatic N) is 2. The number of carboxylic acids is 1. The van der Waals surface area contributed by atoms with Crippen molar-refractivity contribution < 1.29 is 9.90 Å². The van der Waals surface area contributed by atoms with E-state index in [1.54, 1.807) is 6.20 Å². The van der Waals surface area contributed by atoms with Crippen LogP contribution < -0.4 is 10.6 Å². The third kappa shape index (κ3) is 4.75. The van der Waals surface area contributed by atoms with E-state index < -0.39 is 5.97 Å². The van der Waals surface area contributed by atoms with E-state index in [0.29, 0.717) is 18.2 Å². The van der Waals surface area contributed by atoms with Crippen molar-refractivity contribution in [3.8, 4) is 0 Å². The average Bonchev–Trinajstić information content (AvgIpc) is 3.10. The Morgan fingerprint density at radius 3 is 2.66 bits per heavy atom. The summed E-state index contributed by atoms with van der Waals surface area (Å²) >= 11 is 0. The molecule has 0 fully saturated rings. The number of hydrogen-bond donors (Lipinski definition) is 3. The van der Waals surface area contributed by atoms with Crippen molar-refractivity contribution in [2.75, 3.05) is 24.2 Å². The average molecular weight is 431 g/mol. The zero-order valence-electron chi connectivity index (χ0n) is 18.8. The Morgan fingerprint density at radius 2 is 1.94 bits per heavy atom. The number of benzene rings is 2. The first-order valence-electron chi connectivity index (χ1n) is 11.0. The Kier molecular flexibility index (Phi) is 6.42. The number of carbonyl (C=O) groups is 1. The predicted octanol–water partition coefficient (Wildman–Crippen LogP) is 5.11. The Hall–Kier alpha value is -3.38. The van der Waals surface area contributed by atoms with E-state index in [1.807, 2.05) is 0 Å². The lowest BCUT2D eigenvalue weighted by Crippen LogP contribution is -2.24. The maximum atomic E-state index is 11.4. The van der Waals surface area contributed by atoms with Gasteiger partial charge in [0.05, 0.1) is 23.5 Å². The van der Waals surface area contributed by atoms with Gasteiger partial charge in [0.1, 0.15) is 0 Å². The smallest absolute Gasteiger partial charge is 0.337 e. The molecule has 0 bridgehead atoms. The second kappa shape index (κ2) is 9.40. The summed E-state index contributed by atoms with van der Waals surface area (Å²) < 4.78 is 0. The molecule has 0 radical (unpaired) electrons. The summed E-state index contributed by atoms with van der Waals surface area (Å²) in [6, 6.07) is 17.0. The number of nitrogens with one attached hydrogen (secondary N) is 2. The number of rotatable bonds is 8. The maximum absolute atomic E-state index is 11.4. The molecule has 1 aromatic heterocycles. The van der Waals surface area contributed by atoms with Crippen LogP contribution in [0.4, 0.5) is 11.4 Å². The highest BCUT2D eigenvalue weighted by Gasteiger charge is 2.27. The normalized spacial score (nSPS) is 15.6. The Labute approximate surface area is 189 Å². The number of fused-ring (bicyclic) bond motifs is 1. The fraction of sp³-hybridized carbons (Fsp3) is 0.308. The summed E-state index contributed by atoms with van der Waals surface area (Å²) in [6.45, 7) is 6.68. The molecule has 1 aliphatic rings. The molecule has 1 unspecified atom stereocenters. The van der Waals surface area contributed by atoms with Crippen molar-refractivity contribution in [1.29, 1.82) is 0 Å². The van der Waals surface area contributed by atoms with Crippen LogP contribution >= 0.6 is 0 Å². The van der Waals surface area contributed by atoms with E-state index in [0.717, 1.165) is 18.8 Å². The molecule has 2 aromatic carbocycles. The van der Waals surface area contributed by atoms with Gasteiger partial charge >= 0.3 is 5.97 Å². The Morgan fingerprint density at radius 1 is 1.16 bits per heavy atom. The van der Waals surface area contributed by atoms with E-state index in [1.165, 1.54) is 34.5 Å². The van der Waals surface area contributed by atoms with E-state index in [2.05, 4.69) is 83.9 Å². The quantitative estimate of drug-likeness (QED) is 0.461. The van der Waals surface area contributed by atoms with Crippen LogP contribution in [0.3, 0.4) is 0 Å². The van der Waals surface area contributed by atoms with Crippen LogP contribution in [0.5, 0.6) is 0 Å². The number of likely N-dealkylation sites (N-methyl/N-ethyl adjacent to an activating group) is 1. The van der Waals surface area contributed by atoms with Gasteiger partial charge in [0, 0.05) is 31.5 Å². The van der Waals surface area contributed by atoms with Crippen molar-refractivity contribution in [3.05, 3.63) is 88.7 Å². The molecule has 1 aliphatic heterocycles. The van der Waals surface area contributed by atoms with Gasteiger partial charge in [-0.3, -0.25) is 9.88 Å². The van der Waals surface area contributed by atoms with Gasteiger partial charge in [0.15, 0.2) is 0 Å². The number of pyridine rings is 1. The predicted molar refractivity (Wildman–Crippen MR) is 128 cm³/mol. The third-order valence-electron chi connectivity index (χ3n) is 6.13.